The topological polar surface area (TPSA) is 18.5 Å². The van der Waals surface area contributed by atoms with Crippen LogP contribution in [-0.2, 0) is 9.47 Å². The molecule has 2 nitrogen and oxygen atoms in total. The summed E-state index contributed by atoms with van der Waals surface area (Å²) in [6.45, 7) is 1.52. The molecule has 0 amide bonds. The van der Waals surface area contributed by atoms with Crippen LogP contribution in [0.1, 0.15) is 19.8 Å². The van der Waals surface area contributed by atoms with Crippen LogP contribution in [0.2, 0.25) is 0 Å². The zero-order valence-corrected chi connectivity index (χ0v) is 9.78. The first-order chi connectivity index (χ1) is 6.47. The molecule has 1 rings (SSSR count). The quantitative estimate of drug-likeness (QED) is 0.733. The molecular formula is C9H15BrF2O2. The fraction of sp³-hybridized carbons (Fsp3) is 1.00. The lowest BCUT2D eigenvalue weighted by molar-refractivity contribution is -0.150. The summed E-state index contributed by atoms with van der Waals surface area (Å²) in [5.41, 5.74) is -0.461. The molecular weight excluding hydrogens is 258 g/mol. The zero-order valence-electron chi connectivity index (χ0n) is 8.19. The highest BCUT2D eigenvalue weighted by molar-refractivity contribution is 9.09. The van der Waals surface area contributed by atoms with Crippen LogP contribution in [0.3, 0.4) is 0 Å². The van der Waals surface area contributed by atoms with E-state index in [0.29, 0.717) is 31.4 Å². The van der Waals surface area contributed by atoms with E-state index in [2.05, 4.69) is 15.9 Å². The van der Waals surface area contributed by atoms with Gasteiger partial charge in [0, 0.05) is 38.3 Å². The second-order valence-corrected chi connectivity index (χ2v) is 4.35. The molecule has 0 aromatic rings. The summed E-state index contributed by atoms with van der Waals surface area (Å²) in [7, 11) is 0. The number of alkyl halides is 3. The number of hydrogen-bond acceptors (Lipinski definition) is 2. The first kappa shape index (κ1) is 12.3. The van der Waals surface area contributed by atoms with Gasteiger partial charge in [-0.25, -0.2) is 8.78 Å². The summed E-state index contributed by atoms with van der Waals surface area (Å²) in [5, 5.41) is 0.583. The van der Waals surface area contributed by atoms with Crippen LogP contribution in [0.4, 0.5) is 8.78 Å². The third kappa shape index (κ3) is 3.79. The summed E-state index contributed by atoms with van der Waals surface area (Å²) in [4.78, 5) is 0. The first-order valence-electron chi connectivity index (χ1n) is 4.63. The number of halogens is 3. The van der Waals surface area contributed by atoms with Gasteiger partial charge in [-0.1, -0.05) is 15.9 Å². The van der Waals surface area contributed by atoms with E-state index >= 15 is 0 Å². The van der Waals surface area contributed by atoms with Gasteiger partial charge in [0.1, 0.15) is 6.61 Å². The maximum Gasteiger partial charge on any atom is 0.268 e. The molecule has 0 bridgehead atoms. The van der Waals surface area contributed by atoms with Crippen molar-refractivity contribution < 1.29 is 18.3 Å². The highest BCUT2D eigenvalue weighted by Gasteiger charge is 2.35. The van der Waals surface area contributed by atoms with E-state index < -0.39 is 18.1 Å². The standard InChI is InChI=1S/C9H15BrF2O2/c1-8(11,12)7-14-9(6-10)2-4-13-5-3-9/h2-7H2,1H3. The van der Waals surface area contributed by atoms with Crippen LogP contribution in [0.25, 0.3) is 0 Å². The number of rotatable bonds is 4. The van der Waals surface area contributed by atoms with E-state index in [4.69, 9.17) is 9.47 Å². The van der Waals surface area contributed by atoms with E-state index in [0.717, 1.165) is 6.92 Å². The van der Waals surface area contributed by atoms with E-state index in [9.17, 15) is 8.78 Å². The molecule has 0 radical (unpaired) electrons. The van der Waals surface area contributed by atoms with Crippen molar-refractivity contribution in [2.75, 3.05) is 25.2 Å². The van der Waals surface area contributed by atoms with Gasteiger partial charge in [0.25, 0.3) is 5.92 Å². The highest BCUT2D eigenvalue weighted by Crippen LogP contribution is 2.29. The summed E-state index contributed by atoms with van der Waals surface area (Å²) >= 11 is 3.31. The molecule has 1 fully saturated rings. The lowest BCUT2D eigenvalue weighted by Crippen LogP contribution is -2.43. The normalized spacial score (nSPS) is 22.3. The molecule has 0 N–H and O–H groups in total. The highest BCUT2D eigenvalue weighted by atomic mass is 79.9. The van der Waals surface area contributed by atoms with Gasteiger partial charge < -0.3 is 9.47 Å². The minimum Gasteiger partial charge on any atom is -0.381 e. The largest absolute Gasteiger partial charge is 0.381 e. The fourth-order valence-corrected chi connectivity index (χ4v) is 2.06. The fourth-order valence-electron chi connectivity index (χ4n) is 1.34. The van der Waals surface area contributed by atoms with Crippen molar-refractivity contribution >= 4 is 15.9 Å². The second kappa shape index (κ2) is 4.86. The molecule has 0 aliphatic carbocycles. The van der Waals surface area contributed by atoms with Crippen molar-refractivity contribution in [3.05, 3.63) is 0 Å². The van der Waals surface area contributed by atoms with Crippen molar-refractivity contribution in [3.63, 3.8) is 0 Å². The van der Waals surface area contributed by atoms with Gasteiger partial charge in [0.2, 0.25) is 0 Å². The minimum atomic E-state index is -2.76. The van der Waals surface area contributed by atoms with Crippen molar-refractivity contribution in [2.24, 2.45) is 0 Å². The Hall–Kier alpha value is 0.260. The van der Waals surface area contributed by atoms with Gasteiger partial charge in [-0.05, 0) is 0 Å². The van der Waals surface area contributed by atoms with Crippen LogP contribution in [0, 0.1) is 0 Å². The zero-order chi connectivity index (χ0) is 10.7. The molecule has 0 aromatic heterocycles. The molecule has 0 atom stereocenters. The third-order valence-corrected chi connectivity index (χ3v) is 3.30. The van der Waals surface area contributed by atoms with Gasteiger partial charge in [-0.3, -0.25) is 0 Å². The maximum absolute atomic E-state index is 12.6. The smallest absolute Gasteiger partial charge is 0.268 e. The van der Waals surface area contributed by atoms with Crippen LogP contribution in [-0.4, -0.2) is 36.7 Å². The van der Waals surface area contributed by atoms with E-state index in [1.807, 2.05) is 0 Å². The van der Waals surface area contributed by atoms with Crippen LogP contribution in [0.5, 0.6) is 0 Å². The van der Waals surface area contributed by atoms with Crippen LogP contribution < -0.4 is 0 Å². The lowest BCUT2D eigenvalue weighted by atomic mass is 9.96. The van der Waals surface area contributed by atoms with Gasteiger partial charge in [-0.2, -0.15) is 0 Å². The molecule has 0 aromatic carbocycles. The first-order valence-corrected chi connectivity index (χ1v) is 5.75. The molecule has 5 heteroatoms. The van der Waals surface area contributed by atoms with Crippen LogP contribution >= 0.6 is 15.9 Å². The van der Waals surface area contributed by atoms with Crippen molar-refractivity contribution in [3.8, 4) is 0 Å². The monoisotopic (exact) mass is 272 g/mol. The predicted molar refractivity (Wildman–Crippen MR) is 53.2 cm³/mol. The Morgan fingerprint density at radius 2 is 2.00 bits per heavy atom. The molecule has 14 heavy (non-hydrogen) atoms. The molecule has 1 heterocycles. The van der Waals surface area contributed by atoms with Crippen LogP contribution in [0.15, 0.2) is 0 Å². The van der Waals surface area contributed by atoms with Gasteiger partial charge >= 0.3 is 0 Å². The minimum absolute atomic E-state index is 0.461. The SMILES string of the molecule is CC(F)(F)COC1(CBr)CCOCC1. The molecule has 0 saturated carbocycles. The maximum atomic E-state index is 12.6. The lowest BCUT2D eigenvalue weighted by Gasteiger charge is -2.36. The molecule has 1 aliphatic heterocycles. The van der Waals surface area contributed by atoms with Crippen molar-refractivity contribution in [2.45, 2.75) is 31.3 Å². The summed E-state index contributed by atoms with van der Waals surface area (Å²) in [6, 6.07) is 0. The Balaban J connectivity index is 2.44. The van der Waals surface area contributed by atoms with E-state index in [1.54, 1.807) is 0 Å². The Bertz CT molecular complexity index is 176. The Morgan fingerprint density at radius 3 is 2.43 bits per heavy atom. The molecule has 0 unspecified atom stereocenters. The average Bonchev–Trinajstić information content (AvgIpc) is 2.15. The van der Waals surface area contributed by atoms with Gasteiger partial charge in [0.15, 0.2) is 0 Å². The van der Waals surface area contributed by atoms with Gasteiger partial charge in [0.05, 0.1) is 5.60 Å². The summed E-state index contributed by atoms with van der Waals surface area (Å²) < 4.78 is 35.7. The van der Waals surface area contributed by atoms with E-state index in [-0.39, 0.29) is 0 Å². The second-order valence-electron chi connectivity index (χ2n) is 3.79. The molecule has 0 spiro atoms. The molecule has 1 aliphatic rings. The van der Waals surface area contributed by atoms with E-state index in [1.165, 1.54) is 0 Å². The Morgan fingerprint density at radius 1 is 1.43 bits per heavy atom. The summed E-state index contributed by atoms with van der Waals surface area (Å²) in [6.07, 6.45) is 1.35. The average molecular weight is 273 g/mol. The van der Waals surface area contributed by atoms with Crippen molar-refractivity contribution in [1.82, 2.24) is 0 Å². The predicted octanol–water partition coefficient (Wildman–Crippen LogP) is 2.60. The number of ether oxygens (including phenoxy) is 2. The number of hydrogen-bond donors (Lipinski definition) is 0. The summed E-state index contributed by atoms with van der Waals surface area (Å²) in [5.74, 6) is -2.76. The molecule has 1 saturated heterocycles. The Labute approximate surface area is 91.1 Å². The van der Waals surface area contributed by atoms with Crippen molar-refractivity contribution in [1.29, 1.82) is 0 Å². The third-order valence-electron chi connectivity index (χ3n) is 2.28. The molecule has 84 valence electrons. The Kier molecular flexibility index (Phi) is 4.28. The van der Waals surface area contributed by atoms with Gasteiger partial charge in [-0.15, -0.1) is 0 Å².